The molecule has 250 valence electrons. The molecule has 0 radical (unpaired) electrons. The Hall–Kier alpha value is -7.02. The number of benzene rings is 11. The summed E-state index contributed by atoms with van der Waals surface area (Å²) in [6, 6.07) is 76.0. The minimum Gasteiger partial charge on any atom is -0.0622 e. The first-order valence-electron chi connectivity index (χ1n) is 18.8. The smallest absolute Gasteiger partial charge is 0.00201 e. The molecule has 0 amide bonds. The molecule has 0 N–H and O–H groups in total. The van der Waals surface area contributed by atoms with Crippen LogP contribution >= 0.6 is 0 Å². The Morgan fingerprint density at radius 3 is 0.926 bits per heavy atom. The van der Waals surface area contributed by atoms with Gasteiger partial charge in [-0.2, -0.15) is 0 Å². The third-order valence-electron chi connectivity index (χ3n) is 11.4. The van der Waals surface area contributed by atoms with Crippen molar-refractivity contribution in [3.63, 3.8) is 0 Å². The maximum atomic E-state index is 2.37. The van der Waals surface area contributed by atoms with E-state index in [9.17, 15) is 0 Å². The fourth-order valence-corrected chi connectivity index (χ4v) is 9.14. The SMILES string of the molecule is c1ccc(-c2c3ccccc3c(-c3ccc(-c4ccc(-c5c6ccccc6cc6ccccc56)c5ccccc45)c4ccccc34)c3ccccc23)cc1. The molecule has 0 fully saturated rings. The molecule has 0 heterocycles. The molecule has 0 unspecified atom stereocenters. The topological polar surface area (TPSA) is 0 Å². The molecule has 0 bridgehead atoms. The zero-order chi connectivity index (χ0) is 35.6. The Balaban J connectivity index is 1.17. The van der Waals surface area contributed by atoms with E-state index in [4.69, 9.17) is 0 Å². The lowest BCUT2D eigenvalue weighted by molar-refractivity contribution is 1.65. The molecule has 0 aliphatic heterocycles. The molecule has 0 aromatic heterocycles. The summed E-state index contributed by atoms with van der Waals surface area (Å²) in [5.41, 5.74) is 10.1. The van der Waals surface area contributed by atoms with Crippen LogP contribution in [-0.2, 0) is 0 Å². The van der Waals surface area contributed by atoms with E-state index in [2.05, 4.69) is 206 Å². The van der Waals surface area contributed by atoms with Gasteiger partial charge in [0.05, 0.1) is 0 Å². The van der Waals surface area contributed by atoms with E-state index >= 15 is 0 Å². The minimum atomic E-state index is 1.24. The minimum absolute atomic E-state index is 1.24. The maximum Gasteiger partial charge on any atom is -0.00201 e. The third-order valence-corrected chi connectivity index (χ3v) is 11.4. The number of fused-ring (bicyclic) bond motifs is 6. The third kappa shape index (κ3) is 4.64. The van der Waals surface area contributed by atoms with Crippen molar-refractivity contribution in [1.82, 2.24) is 0 Å². The number of hydrogen-bond donors (Lipinski definition) is 0. The van der Waals surface area contributed by atoms with E-state index < -0.39 is 0 Å². The molecule has 0 aliphatic carbocycles. The second-order valence-corrected chi connectivity index (χ2v) is 14.3. The van der Waals surface area contributed by atoms with Gasteiger partial charge in [-0.1, -0.05) is 200 Å². The molecule has 11 rings (SSSR count). The summed E-state index contributed by atoms with van der Waals surface area (Å²) in [5, 5.41) is 15.2. The first kappa shape index (κ1) is 30.6. The van der Waals surface area contributed by atoms with Crippen LogP contribution in [-0.4, -0.2) is 0 Å². The van der Waals surface area contributed by atoms with Gasteiger partial charge in [0.25, 0.3) is 0 Å². The van der Waals surface area contributed by atoms with Gasteiger partial charge in [0.2, 0.25) is 0 Å². The van der Waals surface area contributed by atoms with Gasteiger partial charge >= 0.3 is 0 Å². The quantitative estimate of drug-likeness (QED) is 0.162. The fourth-order valence-electron chi connectivity index (χ4n) is 9.14. The molecular formula is C54H34. The zero-order valence-corrected chi connectivity index (χ0v) is 29.6. The standard InChI is InChI=1S/C54H34/c1-2-16-35(17-3-1)52-46-26-12-14-28-48(46)54(49-29-15-13-27-47(49)52)51-33-31-45(41-23-9-11-25-43(41)51)44-30-32-50(42-24-10-8-22-40(42)44)53-38-20-6-4-18-36(38)34-37-19-5-7-21-39(37)53/h1-34H. The summed E-state index contributed by atoms with van der Waals surface area (Å²) in [6.07, 6.45) is 0. The summed E-state index contributed by atoms with van der Waals surface area (Å²) in [6.45, 7) is 0. The Morgan fingerprint density at radius 1 is 0.185 bits per heavy atom. The fraction of sp³-hybridized carbons (Fsp3) is 0. The Kier molecular flexibility index (Phi) is 6.97. The molecule has 0 saturated heterocycles. The second-order valence-electron chi connectivity index (χ2n) is 14.3. The average molecular weight is 683 g/mol. The van der Waals surface area contributed by atoms with Gasteiger partial charge in [-0.25, -0.2) is 0 Å². The predicted molar refractivity (Wildman–Crippen MR) is 233 cm³/mol. The van der Waals surface area contributed by atoms with Crippen LogP contribution in [0.4, 0.5) is 0 Å². The van der Waals surface area contributed by atoms with Crippen molar-refractivity contribution in [3.05, 3.63) is 206 Å². The van der Waals surface area contributed by atoms with E-state index in [0.717, 1.165) is 0 Å². The van der Waals surface area contributed by atoms with Crippen LogP contribution in [0.1, 0.15) is 0 Å². The highest BCUT2D eigenvalue weighted by atomic mass is 14.2. The average Bonchev–Trinajstić information content (AvgIpc) is 3.24. The van der Waals surface area contributed by atoms with Crippen molar-refractivity contribution < 1.29 is 0 Å². The summed E-state index contributed by atoms with van der Waals surface area (Å²) in [4.78, 5) is 0. The van der Waals surface area contributed by atoms with Gasteiger partial charge in [0.1, 0.15) is 0 Å². The predicted octanol–water partition coefficient (Wildman–Crippen LogP) is 15.3. The monoisotopic (exact) mass is 682 g/mol. The number of rotatable bonds is 4. The Labute approximate surface area is 314 Å². The molecular weight excluding hydrogens is 649 g/mol. The molecule has 11 aromatic rings. The van der Waals surface area contributed by atoms with Crippen LogP contribution in [0.2, 0.25) is 0 Å². The Bertz CT molecular complexity index is 3150. The van der Waals surface area contributed by atoms with Gasteiger partial charge in [-0.05, 0) is 115 Å². The van der Waals surface area contributed by atoms with E-state index in [0.29, 0.717) is 0 Å². The van der Waals surface area contributed by atoms with Crippen molar-refractivity contribution in [2.75, 3.05) is 0 Å². The lowest BCUT2D eigenvalue weighted by Gasteiger charge is -2.20. The van der Waals surface area contributed by atoms with Crippen molar-refractivity contribution >= 4 is 64.6 Å². The first-order chi connectivity index (χ1) is 26.8. The molecule has 0 heteroatoms. The zero-order valence-electron chi connectivity index (χ0n) is 29.6. The van der Waals surface area contributed by atoms with Crippen molar-refractivity contribution in [1.29, 1.82) is 0 Å². The molecule has 11 aromatic carbocycles. The first-order valence-corrected chi connectivity index (χ1v) is 18.8. The van der Waals surface area contributed by atoms with E-state index in [1.807, 2.05) is 0 Å². The largest absolute Gasteiger partial charge is 0.0622 e. The summed E-state index contributed by atoms with van der Waals surface area (Å²) in [5.74, 6) is 0. The summed E-state index contributed by atoms with van der Waals surface area (Å²) >= 11 is 0. The van der Waals surface area contributed by atoms with Gasteiger partial charge in [0, 0.05) is 0 Å². The van der Waals surface area contributed by atoms with Crippen LogP contribution in [0.5, 0.6) is 0 Å². The lowest BCUT2D eigenvalue weighted by Crippen LogP contribution is -1.93. The summed E-state index contributed by atoms with van der Waals surface area (Å²) < 4.78 is 0. The Morgan fingerprint density at radius 2 is 0.481 bits per heavy atom. The van der Waals surface area contributed by atoms with Crippen molar-refractivity contribution in [3.8, 4) is 44.5 Å². The highest BCUT2D eigenvalue weighted by Gasteiger charge is 2.20. The van der Waals surface area contributed by atoms with E-state index in [1.165, 1.54) is 109 Å². The van der Waals surface area contributed by atoms with Crippen molar-refractivity contribution in [2.45, 2.75) is 0 Å². The molecule has 54 heavy (non-hydrogen) atoms. The van der Waals surface area contributed by atoms with Gasteiger partial charge in [-0.15, -0.1) is 0 Å². The second kappa shape index (κ2) is 12.3. The van der Waals surface area contributed by atoms with Crippen LogP contribution < -0.4 is 0 Å². The van der Waals surface area contributed by atoms with Crippen LogP contribution in [0.25, 0.3) is 109 Å². The normalized spacial score (nSPS) is 11.7. The van der Waals surface area contributed by atoms with E-state index in [-0.39, 0.29) is 0 Å². The van der Waals surface area contributed by atoms with E-state index in [1.54, 1.807) is 0 Å². The van der Waals surface area contributed by atoms with Gasteiger partial charge in [-0.3, -0.25) is 0 Å². The molecule has 0 spiro atoms. The highest BCUT2D eigenvalue weighted by Crippen LogP contribution is 2.48. The molecule has 0 nitrogen and oxygen atoms in total. The van der Waals surface area contributed by atoms with Gasteiger partial charge < -0.3 is 0 Å². The molecule has 0 aliphatic rings. The summed E-state index contributed by atoms with van der Waals surface area (Å²) in [7, 11) is 0. The van der Waals surface area contributed by atoms with Crippen LogP contribution in [0.3, 0.4) is 0 Å². The van der Waals surface area contributed by atoms with Gasteiger partial charge in [0.15, 0.2) is 0 Å². The van der Waals surface area contributed by atoms with Crippen LogP contribution in [0, 0.1) is 0 Å². The molecule has 0 atom stereocenters. The highest BCUT2D eigenvalue weighted by molar-refractivity contribution is 6.25. The molecule has 0 saturated carbocycles. The lowest BCUT2D eigenvalue weighted by atomic mass is 9.83. The maximum absolute atomic E-state index is 2.37. The number of hydrogen-bond acceptors (Lipinski definition) is 0. The van der Waals surface area contributed by atoms with Crippen molar-refractivity contribution in [2.24, 2.45) is 0 Å². The van der Waals surface area contributed by atoms with Crippen LogP contribution in [0.15, 0.2) is 206 Å².